The molecule has 1 aromatic rings. The lowest BCUT2D eigenvalue weighted by atomic mass is 9.97. The maximum atomic E-state index is 12.2. The Hall–Kier alpha value is -1.04. The second-order valence-electron chi connectivity index (χ2n) is 4.57. The average Bonchev–Trinajstić information content (AvgIpc) is 2.94. The summed E-state index contributed by atoms with van der Waals surface area (Å²) in [5.41, 5.74) is 0. The summed E-state index contributed by atoms with van der Waals surface area (Å²) in [4.78, 5) is 12.2. The molecule has 1 aliphatic rings. The molecule has 2 heterocycles. The van der Waals surface area contributed by atoms with Crippen molar-refractivity contribution < 1.29 is 4.79 Å². The minimum atomic E-state index is 0.0887. The molecule has 0 unspecified atom stereocenters. The van der Waals surface area contributed by atoms with Gasteiger partial charge < -0.3 is 0 Å². The van der Waals surface area contributed by atoms with Crippen LogP contribution in [0.5, 0.6) is 0 Å². The molecular formula is C12H20N4OS. The third-order valence-electron chi connectivity index (χ3n) is 3.14. The van der Waals surface area contributed by atoms with Crippen molar-refractivity contribution in [3.05, 3.63) is 0 Å². The second kappa shape index (κ2) is 6.22. The van der Waals surface area contributed by atoms with Gasteiger partial charge in [0.05, 0.1) is 0 Å². The van der Waals surface area contributed by atoms with Crippen LogP contribution in [-0.2, 0) is 11.3 Å². The van der Waals surface area contributed by atoms with Crippen molar-refractivity contribution in [1.29, 1.82) is 0 Å². The summed E-state index contributed by atoms with van der Waals surface area (Å²) < 4.78 is 1.98. The third kappa shape index (κ3) is 2.85. The molecule has 0 bridgehead atoms. The molecular weight excluding hydrogens is 248 g/mol. The molecule has 0 radical (unpaired) electrons. The summed E-state index contributed by atoms with van der Waals surface area (Å²) >= 11 is 1.68. The van der Waals surface area contributed by atoms with Gasteiger partial charge in [-0.25, -0.2) is 0 Å². The highest BCUT2D eigenvalue weighted by Crippen LogP contribution is 2.26. The van der Waals surface area contributed by atoms with Crippen LogP contribution in [-0.4, -0.2) is 26.4 Å². The minimum absolute atomic E-state index is 0.0887. The van der Waals surface area contributed by atoms with E-state index in [1.54, 1.807) is 11.8 Å². The van der Waals surface area contributed by atoms with Crippen molar-refractivity contribution >= 4 is 23.6 Å². The molecule has 0 fully saturated rings. The molecule has 0 aliphatic carbocycles. The highest BCUT2D eigenvalue weighted by Gasteiger charge is 2.22. The first-order chi connectivity index (χ1) is 8.76. The standard InChI is InChI=1S/C12H20N4OS/c1-3-5-9(6-4-2)10(17)13-11-14-15-12-16(11)7-8-18-12/h9H,3-8H2,1-2H3,(H,13,14,17). The number of anilines is 1. The topological polar surface area (TPSA) is 59.8 Å². The Morgan fingerprint density at radius 3 is 2.78 bits per heavy atom. The number of hydrogen-bond acceptors (Lipinski definition) is 4. The van der Waals surface area contributed by atoms with Gasteiger partial charge in [-0.1, -0.05) is 38.5 Å². The maximum absolute atomic E-state index is 12.2. The number of amides is 1. The van der Waals surface area contributed by atoms with Gasteiger partial charge in [-0.3, -0.25) is 14.7 Å². The first-order valence-corrected chi connectivity index (χ1v) is 7.61. The van der Waals surface area contributed by atoms with Crippen LogP contribution in [0.4, 0.5) is 5.95 Å². The maximum Gasteiger partial charge on any atom is 0.231 e. The predicted octanol–water partition coefficient (Wildman–Crippen LogP) is 2.54. The number of fused-ring (bicyclic) bond motifs is 1. The summed E-state index contributed by atoms with van der Waals surface area (Å²) in [7, 11) is 0. The first kappa shape index (κ1) is 13.4. The molecule has 1 aromatic heterocycles. The fourth-order valence-corrected chi connectivity index (χ4v) is 3.12. The summed E-state index contributed by atoms with van der Waals surface area (Å²) in [6, 6.07) is 0. The average molecular weight is 268 g/mol. The van der Waals surface area contributed by atoms with Gasteiger partial charge >= 0.3 is 0 Å². The molecule has 1 aliphatic heterocycles. The number of rotatable bonds is 6. The van der Waals surface area contributed by atoms with E-state index in [1.807, 2.05) is 4.57 Å². The fourth-order valence-electron chi connectivity index (χ4n) is 2.23. The number of carbonyl (C=O) groups is 1. The monoisotopic (exact) mass is 268 g/mol. The van der Waals surface area contributed by atoms with E-state index in [2.05, 4.69) is 29.4 Å². The van der Waals surface area contributed by atoms with Crippen LogP contribution in [0, 0.1) is 5.92 Å². The predicted molar refractivity (Wildman–Crippen MR) is 72.7 cm³/mol. The largest absolute Gasteiger partial charge is 0.294 e. The van der Waals surface area contributed by atoms with Crippen molar-refractivity contribution in [3.8, 4) is 0 Å². The van der Waals surface area contributed by atoms with E-state index in [1.165, 1.54) is 0 Å². The Balaban J connectivity index is 2.00. The van der Waals surface area contributed by atoms with Gasteiger partial charge in [0.2, 0.25) is 11.9 Å². The van der Waals surface area contributed by atoms with E-state index in [0.29, 0.717) is 5.95 Å². The number of hydrogen-bond donors (Lipinski definition) is 1. The molecule has 0 saturated carbocycles. The van der Waals surface area contributed by atoms with Crippen LogP contribution in [0.2, 0.25) is 0 Å². The van der Waals surface area contributed by atoms with Crippen molar-refractivity contribution in [2.45, 2.75) is 51.2 Å². The Kier molecular flexibility index (Phi) is 4.63. The van der Waals surface area contributed by atoms with Gasteiger partial charge in [0, 0.05) is 18.2 Å². The van der Waals surface area contributed by atoms with Crippen LogP contribution in [0.15, 0.2) is 5.16 Å². The molecule has 1 N–H and O–H groups in total. The van der Waals surface area contributed by atoms with Crippen LogP contribution in [0.3, 0.4) is 0 Å². The van der Waals surface area contributed by atoms with E-state index in [-0.39, 0.29) is 11.8 Å². The highest BCUT2D eigenvalue weighted by atomic mass is 32.2. The Labute approximate surface area is 112 Å². The minimum Gasteiger partial charge on any atom is -0.294 e. The van der Waals surface area contributed by atoms with Crippen LogP contribution < -0.4 is 5.32 Å². The zero-order valence-corrected chi connectivity index (χ0v) is 11.8. The van der Waals surface area contributed by atoms with E-state index >= 15 is 0 Å². The lowest BCUT2D eigenvalue weighted by Gasteiger charge is -2.14. The number of nitrogens with one attached hydrogen (secondary N) is 1. The molecule has 5 nitrogen and oxygen atoms in total. The van der Waals surface area contributed by atoms with Gasteiger partial charge in [0.15, 0.2) is 5.16 Å². The third-order valence-corrected chi connectivity index (χ3v) is 4.09. The Bertz CT molecular complexity index is 412. The normalized spacial score (nSPS) is 13.9. The quantitative estimate of drug-likeness (QED) is 0.861. The molecule has 0 atom stereocenters. The Morgan fingerprint density at radius 1 is 1.39 bits per heavy atom. The van der Waals surface area contributed by atoms with Gasteiger partial charge in [-0.05, 0) is 12.8 Å². The van der Waals surface area contributed by atoms with Crippen molar-refractivity contribution in [3.63, 3.8) is 0 Å². The summed E-state index contributed by atoms with van der Waals surface area (Å²) in [5.74, 6) is 1.81. The number of aromatic nitrogens is 3. The van der Waals surface area contributed by atoms with E-state index < -0.39 is 0 Å². The molecule has 0 aromatic carbocycles. The SMILES string of the molecule is CCCC(CCC)C(=O)Nc1nnc2n1CCS2. The highest BCUT2D eigenvalue weighted by molar-refractivity contribution is 7.99. The molecule has 0 saturated heterocycles. The van der Waals surface area contributed by atoms with Crippen LogP contribution in [0.25, 0.3) is 0 Å². The van der Waals surface area contributed by atoms with Gasteiger partial charge in [0.1, 0.15) is 0 Å². The van der Waals surface area contributed by atoms with Gasteiger partial charge in [-0.2, -0.15) is 0 Å². The van der Waals surface area contributed by atoms with Crippen molar-refractivity contribution in [2.75, 3.05) is 11.1 Å². The lowest BCUT2D eigenvalue weighted by Crippen LogP contribution is -2.24. The fraction of sp³-hybridized carbons (Fsp3) is 0.750. The first-order valence-electron chi connectivity index (χ1n) is 6.63. The van der Waals surface area contributed by atoms with E-state index in [0.717, 1.165) is 43.1 Å². The molecule has 100 valence electrons. The zero-order valence-electron chi connectivity index (χ0n) is 11.0. The summed E-state index contributed by atoms with van der Waals surface area (Å²) in [6.07, 6.45) is 3.95. The molecule has 2 rings (SSSR count). The lowest BCUT2D eigenvalue weighted by molar-refractivity contribution is -0.120. The molecule has 0 spiro atoms. The number of thioether (sulfide) groups is 1. The van der Waals surface area contributed by atoms with Crippen LogP contribution >= 0.6 is 11.8 Å². The molecule has 1 amide bonds. The summed E-state index contributed by atoms with van der Waals surface area (Å²) in [5, 5.41) is 11.9. The zero-order chi connectivity index (χ0) is 13.0. The van der Waals surface area contributed by atoms with E-state index in [9.17, 15) is 4.79 Å². The molecule has 6 heteroatoms. The number of carbonyl (C=O) groups excluding carboxylic acids is 1. The van der Waals surface area contributed by atoms with Crippen molar-refractivity contribution in [1.82, 2.24) is 14.8 Å². The smallest absolute Gasteiger partial charge is 0.231 e. The van der Waals surface area contributed by atoms with Gasteiger partial charge in [0.25, 0.3) is 0 Å². The summed E-state index contributed by atoms with van der Waals surface area (Å²) in [6.45, 7) is 5.11. The Morgan fingerprint density at radius 2 is 2.11 bits per heavy atom. The second-order valence-corrected chi connectivity index (χ2v) is 5.63. The van der Waals surface area contributed by atoms with Gasteiger partial charge in [-0.15, -0.1) is 10.2 Å². The van der Waals surface area contributed by atoms with Crippen molar-refractivity contribution in [2.24, 2.45) is 5.92 Å². The van der Waals surface area contributed by atoms with E-state index in [4.69, 9.17) is 0 Å². The molecule has 18 heavy (non-hydrogen) atoms. The van der Waals surface area contributed by atoms with Crippen LogP contribution in [0.1, 0.15) is 39.5 Å². The number of nitrogens with zero attached hydrogens (tertiary/aromatic N) is 3.